The average Bonchev–Trinajstić information content (AvgIpc) is 3.74. The van der Waals surface area contributed by atoms with Crippen molar-refractivity contribution in [3.05, 3.63) is 102 Å². The second-order valence-electron chi connectivity index (χ2n) is 9.72. The lowest BCUT2D eigenvalue weighted by Crippen LogP contribution is -2.32. The zero-order valence-corrected chi connectivity index (χ0v) is 21.7. The summed E-state index contributed by atoms with van der Waals surface area (Å²) in [6.45, 7) is 3.02. The molecule has 6 aromatic rings. The van der Waals surface area contributed by atoms with Gasteiger partial charge in [-0.05, 0) is 67.2 Å². The summed E-state index contributed by atoms with van der Waals surface area (Å²) in [5.41, 5.74) is 6.46. The Bertz CT molecular complexity index is 1640. The Morgan fingerprint density at radius 1 is 0.895 bits per heavy atom. The molecular formula is C30H27N7S. The number of H-pyrrole nitrogens is 1. The molecule has 1 saturated heterocycles. The summed E-state index contributed by atoms with van der Waals surface area (Å²) in [5, 5.41) is 9.69. The van der Waals surface area contributed by atoms with Crippen LogP contribution in [-0.2, 0) is 6.54 Å². The molecule has 38 heavy (non-hydrogen) atoms. The Morgan fingerprint density at radius 3 is 2.55 bits per heavy atom. The Kier molecular flexibility index (Phi) is 6.03. The number of pyridine rings is 2. The van der Waals surface area contributed by atoms with Crippen molar-refractivity contribution in [2.45, 2.75) is 25.3 Å². The van der Waals surface area contributed by atoms with Gasteiger partial charge in [-0.3, -0.25) is 19.4 Å². The van der Waals surface area contributed by atoms with E-state index < -0.39 is 0 Å². The van der Waals surface area contributed by atoms with Gasteiger partial charge in [-0.2, -0.15) is 5.10 Å². The van der Waals surface area contributed by atoms with Crippen LogP contribution < -0.4 is 0 Å². The van der Waals surface area contributed by atoms with Gasteiger partial charge in [-0.1, -0.05) is 42.5 Å². The second-order valence-corrected chi connectivity index (χ2v) is 10.7. The number of rotatable bonds is 6. The van der Waals surface area contributed by atoms with Gasteiger partial charge in [-0.25, -0.2) is 9.97 Å². The Hall–Kier alpha value is -4.14. The Labute approximate surface area is 224 Å². The molecule has 0 bridgehead atoms. The molecular weight excluding hydrogens is 490 g/mol. The highest BCUT2D eigenvalue weighted by Crippen LogP contribution is 2.35. The van der Waals surface area contributed by atoms with Gasteiger partial charge in [-0.15, -0.1) is 11.3 Å². The molecule has 0 aliphatic carbocycles. The van der Waals surface area contributed by atoms with Gasteiger partial charge in [0, 0.05) is 30.4 Å². The summed E-state index contributed by atoms with van der Waals surface area (Å²) in [4.78, 5) is 17.8. The van der Waals surface area contributed by atoms with E-state index in [2.05, 4.69) is 84.6 Å². The van der Waals surface area contributed by atoms with Gasteiger partial charge in [0.2, 0.25) is 0 Å². The van der Waals surface area contributed by atoms with Crippen molar-refractivity contribution in [1.82, 2.24) is 34.4 Å². The monoisotopic (exact) mass is 517 g/mol. The fourth-order valence-electron chi connectivity index (χ4n) is 5.30. The maximum atomic E-state index is 4.98. The SMILES string of the molecule is c1ccc(-c2nc(C3CCN(Cc4ccc(-c5nc6ccccn6c5-c5cccs5)cc4)CC3)n[nH]2)nc1. The first-order valence-corrected chi connectivity index (χ1v) is 13.9. The minimum atomic E-state index is 0.382. The van der Waals surface area contributed by atoms with Gasteiger partial charge in [0.05, 0.1) is 16.3 Å². The zero-order valence-electron chi connectivity index (χ0n) is 20.9. The quantitative estimate of drug-likeness (QED) is 0.281. The number of hydrogen-bond donors (Lipinski definition) is 1. The molecule has 0 amide bonds. The van der Waals surface area contributed by atoms with E-state index in [1.807, 2.05) is 24.3 Å². The number of hydrogen-bond acceptors (Lipinski definition) is 6. The first-order chi connectivity index (χ1) is 18.8. The fourth-order valence-corrected chi connectivity index (χ4v) is 6.06. The van der Waals surface area contributed by atoms with E-state index in [9.17, 15) is 0 Å². The van der Waals surface area contributed by atoms with Crippen molar-refractivity contribution >= 4 is 17.0 Å². The van der Waals surface area contributed by atoms with E-state index in [1.54, 1.807) is 17.5 Å². The molecule has 6 heterocycles. The van der Waals surface area contributed by atoms with Crippen LogP contribution in [0.5, 0.6) is 0 Å². The normalized spacial score (nSPS) is 14.8. The summed E-state index contributed by atoms with van der Waals surface area (Å²) in [5.74, 6) is 2.03. The molecule has 7 nitrogen and oxygen atoms in total. The molecule has 5 aromatic heterocycles. The smallest absolute Gasteiger partial charge is 0.174 e. The molecule has 0 atom stereocenters. The third-order valence-electron chi connectivity index (χ3n) is 7.28. The molecule has 7 rings (SSSR count). The lowest BCUT2D eigenvalue weighted by Gasteiger charge is -2.30. The standard InChI is InChI=1S/C30H27N7S/c1-3-15-31-24(6-1)30-33-29(34-35-30)23-13-17-36(18-14-23)20-21-9-11-22(12-10-21)27-28(25-7-5-19-38-25)37-16-4-2-8-26(37)32-27/h1-12,15-16,19,23H,13-14,17-18,20H2,(H,33,34,35). The molecule has 1 aromatic carbocycles. The van der Waals surface area contributed by atoms with Crippen molar-refractivity contribution in [1.29, 1.82) is 0 Å². The third-order valence-corrected chi connectivity index (χ3v) is 8.16. The van der Waals surface area contributed by atoms with Crippen LogP contribution in [0.3, 0.4) is 0 Å². The lowest BCUT2D eigenvalue weighted by molar-refractivity contribution is 0.202. The predicted molar refractivity (Wildman–Crippen MR) is 151 cm³/mol. The molecule has 0 spiro atoms. The number of nitrogens with zero attached hydrogens (tertiary/aromatic N) is 6. The maximum Gasteiger partial charge on any atom is 0.174 e. The first kappa shape index (κ1) is 23.0. The number of fused-ring (bicyclic) bond motifs is 1. The van der Waals surface area contributed by atoms with Crippen LogP contribution >= 0.6 is 11.3 Å². The average molecular weight is 518 g/mol. The molecule has 0 radical (unpaired) electrons. The summed E-state index contributed by atoms with van der Waals surface area (Å²) >= 11 is 1.75. The molecule has 0 saturated carbocycles. The van der Waals surface area contributed by atoms with Gasteiger partial charge < -0.3 is 0 Å². The number of aromatic amines is 1. The second kappa shape index (κ2) is 9.96. The number of aromatic nitrogens is 6. The number of thiophene rings is 1. The summed E-state index contributed by atoms with van der Waals surface area (Å²) in [7, 11) is 0. The van der Waals surface area contributed by atoms with Crippen molar-refractivity contribution in [2.75, 3.05) is 13.1 Å². The minimum Gasteiger partial charge on any atom is -0.299 e. The number of piperidine rings is 1. The van der Waals surface area contributed by atoms with Crippen LogP contribution in [0.25, 0.3) is 39.0 Å². The van der Waals surface area contributed by atoms with Crippen LogP contribution in [0.1, 0.15) is 30.1 Å². The minimum absolute atomic E-state index is 0.382. The zero-order chi connectivity index (χ0) is 25.3. The van der Waals surface area contributed by atoms with Crippen LogP contribution in [-0.4, -0.2) is 47.5 Å². The van der Waals surface area contributed by atoms with Crippen molar-refractivity contribution in [3.8, 4) is 33.3 Å². The van der Waals surface area contributed by atoms with Crippen LogP contribution in [0.4, 0.5) is 0 Å². The van der Waals surface area contributed by atoms with Crippen LogP contribution in [0.15, 0.2) is 90.6 Å². The molecule has 1 N–H and O–H groups in total. The van der Waals surface area contributed by atoms with E-state index >= 15 is 0 Å². The van der Waals surface area contributed by atoms with E-state index in [0.29, 0.717) is 5.92 Å². The van der Waals surface area contributed by atoms with Gasteiger partial charge in [0.15, 0.2) is 11.6 Å². The van der Waals surface area contributed by atoms with Crippen LogP contribution in [0, 0.1) is 0 Å². The largest absolute Gasteiger partial charge is 0.299 e. The van der Waals surface area contributed by atoms with Crippen LogP contribution in [0.2, 0.25) is 0 Å². The van der Waals surface area contributed by atoms with Gasteiger partial charge >= 0.3 is 0 Å². The Morgan fingerprint density at radius 2 is 1.76 bits per heavy atom. The van der Waals surface area contributed by atoms with E-state index in [1.165, 1.54) is 10.4 Å². The molecule has 1 fully saturated rings. The molecule has 1 aliphatic rings. The highest BCUT2D eigenvalue weighted by atomic mass is 32.1. The summed E-state index contributed by atoms with van der Waals surface area (Å²) in [6.07, 6.45) is 5.99. The fraction of sp³-hybridized carbons (Fsp3) is 0.200. The van der Waals surface area contributed by atoms with Crippen molar-refractivity contribution in [2.24, 2.45) is 0 Å². The number of imidazole rings is 1. The summed E-state index contributed by atoms with van der Waals surface area (Å²) in [6, 6.07) is 25.2. The van der Waals surface area contributed by atoms with E-state index in [0.717, 1.165) is 72.4 Å². The van der Waals surface area contributed by atoms with E-state index in [-0.39, 0.29) is 0 Å². The highest BCUT2D eigenvalue weighted by Gasteiger charge is 2.24. The highest BCUT2D eigenvalue weighted by molar-refractivity contribution is 7.13. The molecule has 8 heteroatoms. The van der Waals surface area contributed by atoms with Gasteiger partial charge in [0.1, 0.15) is 11.3 Å². The number of likely N-dealkylation sites (tertiary alicyclic amines) is 1. The first-order valence-electron chi connectivity index (χ1n) is 13.0. The number of nitrogens with one attached hydrogen (secondary N) is 1. The predicted octanol–water partition coefficient (Wildman–Crippen LogP) is 6.29. The third kappa shape index (κ3) is 4.42. The van der Waals surface area contributed by atoms with Crippen molar-refractivity contribution < 1.29 is 0 Å². The maximum absolute atomic E-state index is 4.98. The van der Waals surface area contributed by atoms with Crippen molar-refractivity contribution in [3.63, 3.8) is 0 Å². The number of benzene rings is 1. The lowest BCUT2D eigenvalue weighted by atomic mass is 9.95. The van der Waals surface area contributed by atoms with Gasteiger partial charge in [0.25, 0.3) is 0 Å². The molecule has 188 valence electrons. The summed E-state index contributed by atoms with van der Waals surface area (Å²) < 4.78 is 2.19. The topological polar surface area (TPSA) is 75.0 Å². The molecule has 0 unspecified atom stereocenters. The van der Waals surface area contributed by atoms with E-state index in [4.69, 9.17) is 9.97 Å². The molecule has 1 aliphatic heterocycles. The Balaban J connectivity index is 1.03.